The average molecular weight is 1060 g/mol. The molecule has 0 unspecified atom stereocenters. The van der Waals surface area contributed by atoms with Crippen LogP contribution in [0.4, 0.5) is 0 Å². The van der Waals surface area contributed by atoms with Gasteiger partial charge in [-0.3, -0.25) is 0 Å². The molecule has 0 spiro atoms. The van der Waals surface area contributed by atoms with Crippen LogP contribution < -0.4 is 24.8 Å². The molecule has 0 N–H and O–H groups in total. The molecule has 0 aliphatic heterocycles. The van der Waals surface area contributed by atoms with Gasteiger partial charge in [-0.2, -0.15) is 47.5 Å². The Labute approximate surface area is 446 Å². The van der Waals surface area contributed by atoms with Crippen molar-refractivity contribution in [3.8, 4) is 22.3 Å². The van der Waals surface area contributed by atoms with Crippen LogP contribution in [0.5, 0.6) is 0 Å². The van der Waals surface area contributed by atoms with Crippen molar-refractivity contribution in [3.63, 3.8) is 0 Å². The Morgan fingerprint density at radius 1 is 0.303 bits per heavy atom. The van der Waals surface area contributed by atoms with E-state index in [9.17, 15) is 0 Å². The van der Waals surface area contributed by atoms with Gasteiger partial charge in [0.15, 0.2) is 0 Å². The largest absolute Gasteiger partial charge is 2.00 e. The summed E-state index contributed by atoms with van der Waals surface area (Å²) in [5, 5.41) is 0. The predicted octanol–water partition coefficient (Wildman–Crippen LogP) is 9.42. The van der Waals surface area contributed by atoms with Crippen LogP contribution in [0, 0.1) is 12.1 Å². The van der Waals surface area contributed by atoms with Gasteiger partial charge >= 0.3 is 52.4 Å². The number of fused-ring (bicyclic) bond motifs is 6. The zero-order valence-electron chi connectivity index (χ0n) is 39.5. The Morgan fingerprint density at radius 3 is 0.848 bits per heavy atom. The summed E-state index contributed by atoms with van der Waals surface area (Å²) in [6, 6.07) is 73.8. The van der Waals surface area contributed by atoms with Gasteiger partial charge in [0.2, 0.25) is 0 Å². The maximum absolute atomic E-state index is 3.63. The Hall–Kier alpha value is -3.89. The monoisotopic (exact) mass is 1050 g/mol. The minimum Gasteiger partial charge on any atom is -1.00 e. The molecule has 2 aliphatic rings. The first-order chi connectivity index (χ1) is 29.7. The van der Waals surface area contributed by atoms with E-state index in [1.54, 1.807) is 0 Å². The summed E-state index contributed by atoms with van der Waals surface area (Å²) in [6.45, 7) is 18.5. The molecule has 8 aromatic carbocycles. The summed E-state index contributed by atoms with van der Waals surface area (Å²) in [5.41, 5.74) is 21.4. The smallest absolute Gasteiger partial charge is 1.00 e. The molecule has 0 heterocycles. The van der Waals surface area contributed by atoms with Crippen molar-refractivity contribution in [1.82, 2.24) is 0 Å². The third kappa shape index (κ3) is 10.1. The van der Waals surface area contributed by atoms with Gasteiger partial charge < -0.3 is 24.8 Å². The number of halogens is 2. The van der Waals surface area contributed by atoms with Crippen molar-refractivity contribution in [2.45, 2.75) is 89.9 Å². The molecule has 0 aromatic heterocycles. The number of hydrogen-bond acceptors (Lipinski definition) is 0. The van der Waals surface area contributed by atoms with Crippen LogP contribution in [0.2, 0.25) is 0 Å². The van der Waals surface area contributed by atoms with Gasteiger partial charge in [0.05, 0.1) is 0 Å². The van der Waals surface area contributed by atoms with Crippen molar-refractivity contribution in [2.75, 3.05) is 0 Å². The van der Waals surface area contributed by atoms with E-state index in [0.717, 1.165) is 12.8 Å². The minimum absolute atomic E-state index is 0. The summed E-state index contributed by atoms with van der Waals surface area (Å²) in [4.78, 5) is 0. The van der Waals surface area contributed by atoms with Crippen LogP contribution >= 0.6 is 0 Å². The number of rotatable bonds is 8. The van der Waals surface area contributed by atoms with Crippen molar-refractivity contribution < 1.29 is 77.2 Å². The van der Waals surface area contributed by atoms with E-state index in [1.807, 2.05) is 0 Å². The molecule has 66 heavy (non-hydrogen) atoms. The van der Waals surface area contributed by atoms with E-state index in [2.05, 4.69) is 250 Å². The first-order valence-electron chi connectivity index (χ1n) is 22.3. The van der Waals surface area contributed by atoms with Crippen LogP contribution in [0.15, 0.2) is 182 Å². The van der Waals surface area contributed by atoms with Gasteiger partial charge in [0, 0.05) is 10.8 Å². The van der Waals surface area contributed by atoms with Crippen LogP contribution in [-0.2, 0) is 86.9 Å². The standard InChI is InChI=1S/2C31H29.2ClH.2Zr/c2*1-30(2,24-11-7-5-8-12-24)26-17-15-22-19-23-16-18-27(21-29(23)28(22)20-26)31(3,4)25-13-9-6-10-14-25;;;;/h2*5-15,17-18,20-21H,19H2,1-4H3;2*1H;;/q2*-1;;;2*+2/p-2. The van der Waals surface area contributed by atoms with Gasteiger partial charge in [-0.25, -0.2) is 0 Å². The van der Waals surface area contributed by atoms with E-state index in [0.29, 0.717) is 0 Å². The summed E-state index contributed by atoms with van der Waals surface area (Å²) < 4.78 is 0. The zero-order chi connectivity index (χ0) is 43.3. The van der Waals surface area contributed by atoms with Crippen molar-refractivity contribution in [2.24, 2.45) is 0 Å². The molecular formula is C62H58Cl2Zr2. The second-order valence-corrected chi connectivity index (χ2v) is 19.6. The van der Waals surface area contributed by atoms with Gasteiger partial charge in [-0.1, -0.05) is 235 Å². The molecule has 0 bridgehead atoms. The van der Waals surface area contributed by atoms with E-state index >= 15 is 0 Å². The molecule has 0 amide bonds. The molecular weight excluding hydrogens is 998 g/mol. The quantitative estimate of drug-likeness (QED) is 0.133. The fourth-order valence-electron chi connectivity index (χ4n) is 9.76. The second kappa shape index (κ2) is 21.2. The fraction of sp³-hybridized carbons (Fsp3) is 0.226. The Balaban J connectivity index is 0.000000233. The molecule has 0 atom stereocenters. The Bertz CT molecular complexity index is 2480. The first kappa shape index (κ1) is 53.1. The van der Waals surface area contributed by atoms with E-state index in [-0.39, 0.29) is 98.9 Å². The van der Waals surface area contributed by atoms with Gasteiger partial charge in [0.25, 0.3) is 0 Å². The third-order valence-electron chi connectivity index (χ3n) is 14.5. The number of hydrogen-bond donors (Lipinski definition) is 0. The predicted molar refractivity (Wildman–Crippen MR) is 261 cm³/mol. The summed E-state index contributed by atoms with van der Waals surface area (Å²) in [5.74, 6) is 0. The summed E-state index contributed by atoms with van der Waals surface area (Å²) in [6.07, 6.45) is 1.95. The Kier molecular flexibility index (Phi) is 17.0. The molecule has 0 saturated heterocycles. The molecule has 0 fully saturated rings. The summed E-state index contributed by atoms with van der Waals surface area (Å²) >= 11 is 0. The van der Waals surface area contributed by atoms with Crippen molar-refractivity contribution >= 4 is 0 Å². The van der Waals surface area contributed by atoms with Crippen LogP contribution in [0.25, 0.3) is 22.3 Å². The summed E-state index contributed by atoms with van der Waals surface area (Å²) in [7, 11) is 0. The average Bonchev–Trinajstić information content (AvgIpc) is 3.87. The molecule has 8 aromatic rings. The molecule has 0 nitrogen and oxygen atoms in total. The molecule has 328 valence electrons. The molecule has 0 saturated carbocycles. The maximum Gasteiger partial charge on any atom is 2.00 e. The van der Waals surface area contributed by atoms with Crippen molar-refractivity contribution in [1.29, 1.82) is 0 Å². The Morgan fingerprint density at radius 2 is 0.561 bits per heavy atom. The molecule has 4 heteroatoms. The first-order valence-corrected chi connectivity index (χ1v) is 22.3. The fourth-order valence-corrected chi connectivity index (χ4v) is 9.76. The second-order valence-electron chi connectivity index (χ2n) is 19.6. The third-order valence-corrected chi connectivity index (χ3v) is 14.5. The van der Waals surface area contributed by atoms with Crippen LogP contribution in [-0.4, -0.2) is 0 Å². The minimum atomic E-state index is -0.0591. The van der Waals surface area contributed by atoms with Crippen LogP contribution in [0.1, 0.15) is 122 Å². The van der Waals surface area contributed by atoms with E-state index < -0.39 is 0 Å². The van der Waals surface area contributed by atoms with Gasteiger partial charge in [-0.15, -0.1) is 22.3 Å². The normalized spacial score (nSPS) is 12.2. The SMILES string of the molecule is CC(C)(c1ccccc1)c1c[c-]c2c(c1)-c1cc(C(C)(C)c3ccccc3)ccc1C2.CC(C)(c1ccccc1)c1c[c-]c2c(c1)-c1cc(C(C)(C)c3ccccc3)ccc1C2.[Cl-].[Cl-].[Zr+2].[Zr+2]. The number of benzene rings is 8. The van der Waals surface area contributed by atoms with E-state index in [1.165, 1.54) is 89.0 Å². The zero-order valence-corrected chi connectivity index (χ0v) is 45.9. The van der Waals surface area contributed by atoms with Crippen molar-refractivity contribution in [3.05, 3.63) is 261 Å². The molecule has 2 aliphatic carbocycles. The van der Waals surface area contributed by atoms with E-state index in [4.69, 9.17) is 0 Å². The van der Waals surface area contributed by atoms with Gasteiger partial charge in [-0.05, 0) is 57.1 Å². The van der Waals surface area contributed by atoms with Crippen LogP contribution in [0.3, 0.4) is 0 Å². The molecule has 10 rings (SSSR count). The maximum atomic E-state index is 3.63. The molecule has 0 radical (unpaired) electrons. The topological polar surface area (TPSA) is 0 Å². The van der Waals surface area contributed by atoms with Gasteiger partial charge in [0.1, 0.15) is 0 Å².